The molecule has 0 aromatic heterocycles. The molecule has 3 amide bonds. The molecule has 0 atom stereocenters. The van der Waals surface area contributed by atoms with Crippen molar-refractivity contribution in [2.24, 2.45) is 0 Å². The van der Waals surface area contributed by atoms with Gasteiger partial charge in [-0.3, -0.25) is 9.69 Å². The molecule has 1 aliphatic rings. The number of halogens is 1. The molecule has 0 unspecified atom stereocenters. The summed E-state index contributed by atoms with van der Waals surface area (Å²) >= 11 is 3.31. The van der Waals surface area contributed by atoms with E-state index in [1.807, 2.05) is 12.1 Å². The number of carbonyl (C=O) groups is 2. The third-order valence-electron chi connectivity index (χ3n) is 2.41. The highest BCUT2D eigenvalue weighted by atomic mass is 79.9. The van der Waals surface area contributed by atoms with Crippen molar-refractivity contribution in [3.63, 3.8) is 0 Å². The number of likely N-dealkylation sites (tertiary alicyclic amines) is 1. The fourth-order valence-electron chi connectivity index (χ4n) is 1.59. The number of hydrogen-bond donors (Lipinski definition) is 1. The van der Waals surface area contributed by atoms with E-state index in [-0.39, 0.29) is 11.9 Å². The van der Waals surface area contributed by atoms with E-state index >= 15 is 0 Å². The largest absolute Gasteiger partial charge is 0.328 e. The maximum atomic E-state index is 11.7. The Morgan fingerprint density at radius 3 is 2.56 bits per heavy atom. The van der Waals surface area contributed by atoms with Crippen LogP contribution >= 0.6 is 15.9 Å². The highest BCUT2D eigenvalue weighted by Gasteiger charge is 2.26. The zero-order chi connectivity index (χ0) is 11.5. The SMILES string of the molecule is O=C1CCCN1C(=O)Nc1ccc(Br)cc1. The lowest BCUT2D eigenvalue weighted by Gasteiger charge is -2.14. The Morgan fingerprint density at radius 1 is 1.31 bits per heavy atom. The Kier molecular flexibility index (Phi) is 3.24. The van der Waals surface area contributed by atoms with Crippen molar-refractivity contribution in [2.75, 3.05) is 11.9 Å². The van der Waals surface area contributed by atoms with Gasteiger partial charge >= 0.3 is 6.03 Å². The van der Waals surface area contributed by atoms with E-state index < -0.39 is 0 Å². The van der Waals surface area contributed by atoms with Crippen molar-refractivity contribution < 1.29 is 9.59 Å². The first kappa shape index (κ1) is 11.1. The van der Waals surface area contributed by atoms with Gasteiger partial charge in [-0.05, 0) is 30.7 Å². The molecule has 1 fully saturated rings. The molecule has 84 valence electrons. The number of carbonyl (C=O) groups excluding carboxylic acids is 2. The van der Waals surface area contributed by atoms with E-state index in [1.54, 1.807) is 12.1 Å². The first-order valence-electron chi connectivity index (χ1n) is 5.04. The van der Waals surface area contributed by atoms with Gasteiger partial charge in [0.15, 0.2) is 0 Å². The summed E-state index contributed by atoms with van der Waals surface area (Å²) in [6.45, 7) is 0.515. The lowest BCUT2D eigenvalue weighted by Crippen LogP contribution is -2.35. The van der Waals surface area contributed by atoms with Gasteiger partial charge in [-0.25, -0.2) is 4.79 Å². The average molecular weight is 283 g/mol. The Bertz CT molecular complexity index is 416. The van der Waals surface area contributed by atoms with E-state index in [2.05, 4.69) is 21.2 Å². The molecule has 5 heteroatoms. The van der Waals surface area contributed by atoms with Gasteiger partial charge < -0.3 is 5.32 Å². The van der Waals surface area contributed by atoms with E-state index in [0.29, 0.717) is 18.7 Å². The smallest absolute Gasteiger partial charge is 0.307 e. The minimum Gasteiger partial charge on any atom is -0.307 e. The number of benzene rings is 1. The maximum Gasteiger partial charge on any atom is 0.328 e. The van der Waals surface area contributed by atoms with Crippen LogP contribution in [0.3, 0.4) is 0 Å². The lowest BCUT2D eigenvalue weighted by atomic mass is 10.3. The van der Waals surface area contributed by atoms with Crippen molar-refractivity contribution in [1.29, 1.82) is 0 Å². The summed E-state index contributed by atoms with van der Waals surface area (Å²) in [4.78, 5) is 24.3. The predicted molar refractivity (Wildman–Crippen MR) is 64.1 cm³/mol. The van der Waals surface area contributed by atoms with Crippen LogP contribution in [0.1, 0.15) is 12.8 Å². The molecule has 0 radical (unpaired) electrons. The fraction of sp³-hybridized carbons (Fsp3) is 0.273. The molecule has 4 nitrogen and oxygen atoms in total. The molecule has 1 aromatic rings. The average Bonchev–Trinajstić information content (AvgIpc) is 2.68. The third kappa shape index (κ3) is 2.41. The highest BCUT2D eigenvalue weighted by Crippen LogP contribution is 2.16. The molecule has 0 aliphatic carbocycles. The number of imide groups is 1. The second-order valence-corrected chi connectivity index (χ2v) is 4.50. The molecule has 1 N–H and O–H groups in total. The molecular formula is C11H11BrN2O2. The minimum atomic E-state index is -0.343. The first-order chi connectivity index (χ1) is 7.66. The third-order valence-corrected chi connectivity index (χ3v) is 2.94. The topological polar surface area (TPSA) is 49.4 Å². The summed E-state index contributed by atoms with van der Waals surface area (Å²) < 4.78 is 0.947. The number of nitrogens with zero attached hydrogens (tertiary/aromatic N) is 1. The van der Waals surface area contributed by atoms with Gasteiger partial charge in [0.05, 0.1) is 0 Å². The van der Waals surface area contributed by atoms with E-state index in [9.17, 15) is 9.59 Å². The van der Waals surface area contributed by atoms with Crippen molar-refractivity contribution in [2.45, 2.75) is 12.8 Å². The van der Waals surface area contributed by atoms with Crippen LogP contribution in [0, 0.1) is 0 Å². The standard InChI is InChI=1S/C11H11BrN2O2/c12-8-3-5-9(6-4-8)13-11(16)14-7-1-2-10(14)15/h3-6H,1-2,7H2,(H,13,16). The number of hydrogen-bond acceptors (Lipinski definition) is 2. The Balaban J connectivity index is 2.02. The molecular weight excluding hydrogens is 272 g/mol. The molecule has 2 rings (SSSR count). The fourth-order valence-corrected chi connectivity index (χ4v) is 1.85. The molecule has 1 aromatic carbocycles. The van der Waals surface area contributed by atoms with Crippen LogP contribution in [0.5, 0.6) is 0 Å². The summed E-state index contributed by atoms with van der Waals surface area (Å²) in [5.74, 6) is -0.102. The van der Waals surface area contributed by atoms with Crippen LogP contribution in [-0.2, 0) is 4.79 Å². The van der Waals surface area contributed by atoms with E-state index in [0.717, 1.165) is 10.9 Å². The van der Waals surface area contributed by atoms with E-state index in [1.165, 1.54) is 4.90 Å². The number of nitrogens with one attached hydrogen (secondary N) is 1. The zero-order valence-corrected chi connectivity index (χ0v) is 10.2. The van der Waals surface area contributed by atoms with Gasteiger partial charge in [-0.1, -0.05) is 15.9 Å². The number of rotatable bonds is 1. The normalized spacial score (nSPS) is 15.3. The van der Waals surface area contributed by atoms with Gasteiger partial charge in [0.1, 0.15) is 0 Å². The second-order valence-electron chi connectivity index (χ2n) is 3.59. The van der Waals surface area contributed by atoms with E-state index in [4.69, 9.17) is 0 Å². The van der Waals surface area contributed by atoms with Crippen LogP contribution in [0.4, 0.5) is 10.5 Å². The second kappa shape index (κ2) is 4.65. The maximum absolute atomic E-state index is 11.7. The van der Waals surface area contributed by atoms with Crippen molar-refractivity contribution >= 4 is 33.6 Å². The zero-order valence-electron chi connectivity index (χ0n) is 8.57. The van der Waals surface area contributed by atoms with Crippen LogP contribution in [-0.4, -0.2) is 23.4 Å². The van der Waals surface area contributed by atoms with Crippen molar-refractivity contribution in [3.8, 4) is 0 Å². The summed E-state index contributed by atoms with van der Waals surface area (Å²) in [6, 6.07) is 6.89. The van der Waals surface area contributed by atoms with Gasteiger partial charge in [-0.2, -0.15) is 0 Å². The molecule has 0 spiro atoms. The Labute approximate surface area is 102 Å². The summed E-state index contributed by atoms with van der Waals surface area (Å²) in [6.07, 6.45) is 1.22. The van der Waals surface area contributed by atoms with Crippen LogP contribution in [0.15, 0.2) is 28.7 Å². The first-order valence-corrected chi connectivity index (χ1v) is 5.83. The molecule has 0 bridgehead atoms. The summed E-state index contributed by atoms with van der Waals surface area (Å²) in [5, 5.41) is 2.69. The van der Waals surface area contributed by atoms with Crippen LogP contribution < -0.4 is 5.32 Å². The number of anilines is 1. The number of urea groups is 1. The molecule has 16 heavy (non-hydrogen) atoms. The van der Waals surface area contributed by atoms with Gasteiger partial charge in [0.25, 0.3) is 0 Å². The van der Waals surface area contributed by atoms with Crippen molar-refractivity contribution in [1.82, 2.24) is 4.90 Å². The quantitative estimate of drug-likeness (QED) is 0.861. The molecule has 1 aliphatic heterocycles. The molecule has 1 saturated heterocycles. The molecule has 1 heterocycles. The lowest BCUT2D eigenvalue weighted by molar-refractivity contribution is -0.125. The molecule has 0 saturated carbocycles. The minimum absolute atomic E-state index is 0.102. The highest BCUT2D eigenvalue weighted by molar-refractivity contribution is 9.10. The summed E-state index contributed by atoms with van der Waals surface area (Å²) in [7, 11) is 0. The number of amides is 3. The van der Waals surface area contributed by atoms with Crippen LogP contribution in [0.25, 0.3) is 0 Å². The van der Waals surface area contributed by atoms with Crippen LogP contribution in [0.2, 0.25) is 0 Å². The van der Waals surface area contributed by atoms with Gasteiger partial charge in [-0.15, -0.1) is 0 Å². The van der Waals surface area contributed by atoms with Crippen molar-refractivity contribution in [3.05, 3.63) is 28.7 Å². The monoisotopic (exact) mass is 282 g/mol. The Morgan fingerprint density at radius 2 is 2.00 bits per heavy atom. The van der Waals surface area contributed by atoms with Gasteiger partial charge in [0, 0.05) is 23.1 Å². The summed E-state index contributed by atoms with van der Waals surface area (Å²) in [5.41, 5.74) is 0.688. The van der Waals surface area contributed by atoms with Gasteiger partial charge in [0.2, 0.25) is 5.91 Å². The predicted octanol–water partition coefficient (Wildman–Crippen LogP) is 2.60. The Hall–Kier alpha value is -1.36.